The van der Waals surface area contributed by atoms with Crippen molar-refractivity contribution in [1.29, 1.82) is 0 Å². The number of carbonyl (C=O) groups is 1. The van der Waals surface area contributed by atoms with Crippen LogP contribution in [0.3, 0.4) is 0 Å². The van der Waals surface area contributed by atoms with Crippen LogP contribution in [0.5, 0.6) is 17.4 Å². The van der Waals surface area contributed by atoms with Gasteiger partial charge in [0.25, 0.3) is 0 Å². The summed E-state index contributed by atoms with van der Waals surface area (Å²) in [4.78, 5) is 19.2. The summed E-state index contributed by atoms with van der Waals surface area (Å²) in [5.74, 6) is 1.90. The van der Waals surface area contributed by atoms with Gasteiger partial charge in [-0.15, -0.1) is 0 Å². The lowest BCUT2D eigenvalue weighted by Crippen LogP contribution is -2.52. The highest BCUT2D eigenvalue weighted by Gasteiger charge is 2.50. The molecule has 2 aromatic rings. The summed E-state index contributed by atoms with van der Waals surface area (Å²) in [6.45, 7) is 1.03. The van der Waals surface area contributed by atoms with Crippen molar-refractivity contribution >= 4 is 11.7 Å². The van der Waals surface area contributed by atoms with Gasteiger partial charge in [0.15, 0.2) is 11.5 Å². The molecule has 1 saturated heterocycles. The van der Waals surface area contributed by atoms with Gasteiger partial charge in [0.05, 0.1) is 21.3 Å². The minimum absolute atomic E-state index is 0.0511. The number of anilines is 1. The molecule has 0 spiro atoms. The second-order valence-electron chi connectivity index (χ2n) is 8.60. The van der Waals surface area contributed by atoms with E-state index in [9.17, 15) is 4.79 Å². The first-order valence-corrected chi connectivity index (χ1v) is 11.0. The Labute approximate surface area is 189 Å². The molecule has 172 valence electrons. The Hall–Kier alpha value is -3.00. The van der Waals surface area contributed by atoms with E-state index in [2.05, 4.69) is 39.7 Å². The zero-order chi connectivity index (χ0) is 22.7. The zero-order valence-corrected chi connectivity index (χ0v) is 19.2. The molecule has 1 aromatic carbocycles. The van der Waals surface area contributed by atoms with Crippen molar-refractivity contribution < 1.29 is 19.0 Å². The van der Waals surface area contributed by atoms with Crippen molar-refractivity contribution in [3.05, 3.63) is 42.1 Å². The number of benzene rings is 1. The molecule has 4 rings (SSSR count). The molecule has 0 bridgehead atoms. The van der Waals surface area contributed by atoms with Gasteiger partial charge in [-0.1, -0.05) is 6.07 Å². The molecule has 3 atom stereocenters. The number of methoxy groups -OCH3 is 3. The first-order chi connectivity index (χ1) is 15.5. The summed E-state index contributed by atoms with van der Waals surface area (Å²) in [6, 6.07) is 10.0. The van der Waals surface area contributed by atoms with Gasteiger partial charge in [0.1, 0.15) is 5.69 Å². The number of nitrogens with zero attached hydrogens (tertiary/aromatic N) is 2. The number of rotatable bonds is 6. The molecule has 1 saturated carbocycles. The Bertz CT molecular complexity index is 969. The summed E-state index contributed by atoms with van der Waals surface area (Å²) >= 11 is 0. The SMILES string of the molecule is COc1ccc([C@@]23CC[C@H](NC(=O)Nc4cccnc4OC)C[C@H]2N(C)CC3)cc1OC. The molecular formula is C24H32N4O4. The van der Waals surface area contributed by atoms with E-state index < -0.39 is 0 Å². The summed E-state index contributed by atoms with van der Waals surface area (Å²) in [5, 5.41) is 6.02. The van der Waals surface area contributed by atoms with E-state index in [0.717, 1.165) is 43.7 Å². The quantitative estimate of drug-likeness (QED) is 0.716. The topological polar surface area (TPSA) is 85.0 Å². The molecule has 0 unspecified atom stereocenters. The second-order valence-corrected chi connectivity index (χ2v) is 8.60. The van der Waals surface area contributed by atoms with Crippen LogP contribution in [0.4, 0.5) is 10.5 Å². The van der Waals surface area contributed by atoms with Crippen molar-refractivity contribution in [3.63, 3.8) is 0 Å². The molecule has 2 N–H and O–H groups in total. The Balaban J connectivity index is 1.48. The predicted molar refractivity (Wildman–Crippen MR) is 123 cm³/mol. The number of amides is 2. The van der Waals surface area contributed by atoms with E-state index >= 15 is 0 Å². The van der Waals surface area contributed by atoms with E-state index in [1.165, 1.54) is 12.7 Å². The average Bonchev–Trinajstić information content (AvgIpc) is 3.16. The van der Waals surface area contributed by atoms with Crippen LogP contribution in [0, 0.1) is 0 Å². The third kappa shape index (κ3) is 4.07. The number of likely N-dealkylation sites (tertiary alicyclic amines) is 1. The average molecular weight is 441 g/mol. The lowest BCUT2D eigenvalue weighted by molar-refractivity contribution is 0.156. The molecule has 8 heteroatoms. The fraction of sp³-hybridized carbons (Fsp3) is 0.500. The van der Waals surface area contributed by atoms with Crippen molar-refractivity contribution in [3.8, 4) is 17.4 Å². The smallest absolute Gasteiger partial charge is 0.319 e. The number of pyridine rings is 1. The zero-order valence-electron chi connectivity index (χ0n) is 19.2. The summed E-state index contributed by atoms with van der Waals surface area (Å²) in [5.41, 5.74) is 1.89. The lowest BCUT2D eigenvalue weighted by atomic mass is 9.65. The van der Waals surface area contributed by atoms with Crippen LogP contribution in [0.2, 0.25) is 0 Å². The van der Waals surface area contributed by atoms with Gasteiger partial charge in [-0.25, -0.2) is 9.78 Å². The van der Waals surface area contributed by atoms with Crippen molar-refractivity contribution in [2.75, 3.05) is 40.2 Å². The molecule has 1 aromatic heterocycles. The number of fused-ring (bicyclic) bond motifs is 1. The molecule has 1 aliphatic carbocycles. The number of nitrogens with one attached hydrogen (secondary N) is 2. The van der Waals surface area contributed by atoms with E-state index in [1.807, 2.05) is 6.07 Å². The first-order valence-electron chi connectivity index (χ1n) is 11.0. The Kier molecular flexibility index (Phi) is 6.41. The normalized spacial score (nSPS) is 25.0. The van der Waals surface area contributed by atoms with Gasteiger partial charge >= 0.3 is 6.03 Å². The molecule has 2 amide bonds. The molecule has 1 aliphatic heterocycles. The molecule has 2 heterocycles. The van der Waals surface area contributed by atoms with Crippen LogP contribution in [-0.2, 0) is 5.41 Å². The molecule has 2 fully saturated rings. The minimum atomic E-state index is -0.236. The highest BCUT2D eigenvalue weighted by atomic mass is 16.5. The third-order valence-corrected chi connectivity index (χ3v) is 7.03. The third-order valence-electron chi connectivity index (χ3n) is 7.03. The summed E-state index contributed by atoms with van der Waals surface area (Å²) in [7, 11) is 7.05. The van der Waals surface area contributed by atoms with Crippen LogP contribution in [-0.4, -0.2) is 62.9 Å². The molecule has 32 heavy (non-hydrogen) atoms. The number of aromatic nitrogens is 1. The largest absolute Gasteiger partial charge is 0.493 e. The van der Waals surface area contributed by atoms with Crippen LogP contribution >= 0.6 is 0 Å². The number of carbonyl (C=O) groups excluding carboxylic acids is 1. The van der Waals surface area contributed by atoms with E-state index in [1.54, 1.807) is 32.5 Å². The Morgan fingerprint density at radius 2 is 1.94 bits per heavy atom. The fourth-order valence-electron chi connectivity index (χ4n) is 5.39. The van der Waals surface area contributed by atoms with Gasteiger partial charge < -0.3 is 29.7 Å². The Morgan fingerprint density at radius 1 is 1.12 bits per heavy atom. The maximum atomic E-state index is 12.7. The number of hydrogen-bond acceptors (Lipinski definition) is 6. The van der Waals surface area contributed by atoms with Crippen molar-refractivity contribution in [2.45, 2.75) is 43.2 Å². The van der Waals surface area contributed by atoms with Gasteiger partial charge in [-0.2, -0.15) is 0 Å². The van der Waals surface area contributed by atoms with Gasteiger partial charge in [-0.3, -0.25) is 0 Å². The monoisotopic (exact) mass is 440 g/mol. The van der Waals surface area contributed by atoms with Gasteiger partial charge in [0.2, 0.25) is 5.88 Å². The minimum Gasteiger partial charge on any atom is -0.493 e. The van der Waals surface area contributed by atoms with E-state index in [-0.39, 0.29) is 17.5 Å². The number of likely N-dealkylation sites (N-methyl/N-ethyl adjacent to an activating group) is 1. The van der Waals surface area contributed by atoms with Crippen molar-refractivity contribution in [1.82, 2.24) is 15.2 Å². The van der Waals surface area contributed by atoms with E-state index in [4.69, 9.17) is 14.2 Å². The van der Waals surface area contributed by atoms with Gasteiger partial charge in [0, 0.05) is 23.7 Å². The van der Waals surface area contributed by atoms with Crippen molar-refractivity contribution in [2.24, 2.45) is 0 Å². The maximum Gasteiger partial charge on any atom is 0.319 e. The maximum absolute atomic E-state index is 12.7. The fourth-order valence-corrected chi connectivity index (χ4v) is 5.39. The first kappa shape index (κ1) is 22.2. The van der Waals surface area contributed by atoms with Crippen LogP contribution in [0.15, 0.2) is 36.5 Å². The molecule has 2 aliphatic rings. The highest BCUT2D eigenvalue weighted by molar-refractivity contribution is 5.90. The highest BCUT2D eigenvalue weighted by Crippen LogP contribution is 2.49. The summed E-state index contributed by atoms with van der Waals surface area (Å²) < 4.78 is 16.2. The van der Waals surface area contributed by atoms with Crippen LogP contribution < -0.4 is 24.8 Å². The van der Waals surface area contributed by atoms with Gasteiger partial charge in [-0.05, 0) is 69.1 Å². The molecule has 0 radical (unpaired) electrons. The summed E-state index contributed by atoms with van der Waals surface area (Å²) in [6.07, 6.45) is 5.53. The standard InChI is InChI=1S/C24H32N4O4/c1-28-13-11-24(16-7-8-19(30-2)20(14-16)31-3)10-9-17(15-21(24)28)26-23(29)27-18-6-5-12-25-22(18)32-4/h5-8,12,14,17,21H,9-11,13,15H2,1-4H3,(H2,26,27,29)/t17-,21+,24-/m0/s1. The van der Waals surface area contributed by atoms with E-state index in [0.29, 0.717) is 17.6 Å². The number of hydrogen-bond donors (Lipinski definition) is 2. The lowest BCUT2D eigenvalue weighted by Gasteiger charge is -2.45. The number of ether oxygens (including phenoxy) is 3. The Morgan fingerprint density at radius 3 is 2.69 bits per heavy atom. The molecule has 8 nitrogen and oxygen atoms in total. The second kappa shape index (κ2) is 9.24. The number of urea groups is 1. The molecular weight excluding hydrogens is 408 g/mol. The predicted octanol–water partition coefficient (Wildman–Crippen LogP) is 3.42. The van der Waals surface area contributed by atoms with Crippen LogP contribution in [0.25, 0.3) is 0 Å². The van der Waals surface area contributed by atoms with Crippen LogP contribution in [0.1, 0.15) is 31.2 Å².